The summed E-state index contributed by atoms with van der Waals surface area (Å²) >= 11 is 0. The number of benzene rings is 1. The number of pyridine rings is 1. The van der Waals surface area contributed by atoms with Crippen LogP contribution in [0.15, 0.2) is 18.2 Å². The molecule has 3 nitrogen and oxygen atoms in total. The summed E-state index contributed by atoms with van der Waals surface area (Å²) in [5, 5.41) is 1.12. The summed E-state index contributed by atoms with van der Waals surface area (Å²) in [6.07, 6.45) is 0. The van der Waals surface area contributed by atoms with Crippen LogP contribution in [0.5, 0.6) is 0 Å². The summed E-state index contributed by atoms with van der Waals surface area (Å²) < 4.78 is 0. The molecule has 0 amide bonds. The van der Waals surface area contributed by atoms with Crippen LogP contribution < -0.4 is 11.5 Å². The standard InChI is InChI=1S/C11H13N3/c1-6-7(2)11(13)14-10-5-8(12)3-4-9(6)10/h3-5H,12H2,1-2H3,(H2,13,14). The molecule has 0 atom stereocenters. The van der Waals surface area contributed by atoms with Gasteiger partial charge in [0, 0.05) is 11.1 Å². The van der Waals surface area contributed by atoms with Crippen LogP contribution in [-0.2, 0) is 0 Å². The van der Waals surface area contributed by atoms with E-state index in [2.05, 4.69) is 4.98 Å². The number of aryl methyl sites for hydroxylation is 1. The van der Waals surface area contributed by atoms with Crippen LogP contribution in [-0.4, -0.2) is 4.98 Å². The predicted octanol–water partition coefficient (Wildman–Crippen LogP) is 2.02. The third-order valence-corrected chi connectivity index (χ3v) is 2.61. The SMILES string of the molecule is Cc1c(N)nc2cc(N)ccc2c1C. The monoisotopic (exact) mass is 187 g/mol. The Morgan fingerprint density at radius 3 is 2.50 bits per heavy atom. The van der Waals surface area contributed by atoms with Gasteiger partial charge in [-0.2, -0.15) is 0 Å². The Hall–Kier alpha value is -1.77. The van der Waals surface area contributed by atoms with Gasteiger partial charge in [-0.15, -0.1) is 0 Å². The zero-order valence-corrected chi connectivity index (χ0v) is 8.33. The molecule has 2 aromatic rings. The Kier molecular flexibility index (Phi) is 1.81. The first-order valence-corrected chi connectivity index (χ1v) is 4.51. The Bertz CT molecular complexity index is 503. The second-order valence-electron chi connectivity index (χ2n) is 3.52. The van der Waals surface area contributed by atoms with Crippen molar-refractivity contribution in [1.82, 2.24) is 4.98 Å². The number of nitrogen functional groups attached to an aromatic ring is 2. The van der Waals surface area contributed by atoms with Crippen molar-refractivity contribution >= 4 is 22.4 Å². The van der Waals surface area contributed by atoms with E-state index >= 15 is 0 Å². The van der Waals surface area contributed by atoms with Crippen LogP contribution in [0.2, 0.25) is 0 Å². The van der Waals surface area contributed by atoms with Crippen molar-refractivity contribution < 1.29 is 0 Å². The normalized spacial score (nSPS) is 10.7. The van der Waals surface area contributed by atoms with E-state index in [1.165, 1.54) is 5.56 Å². The topological polar surface area (TPSA) is 64.9 Å². The second-order valence-corrected chi connectivity index (χ2v) is 3.52. The minimum absolute atomic E-state index is 0.584. The molecule has 0 aliphatic rings. The van der Waals surface area contributed by atoms with E-state index in [9.17, 15) is 0 Å². The highest BCUT2D eigenvalue weighted by molar-refractivity contribution is 5.87. The van der Waals surface area contributed by atoms with Gasteiger partial charge in [-0.05, 0) is 37.1 Å². The van der Waals surface area contributed by atoms with Crippen LogP contribution in [0.3, 0.4) is 0 Å². The summed E-state index contributed by atoms with van der Waals surface area (Å²) in [4.78, 5) is 4.29. The van der Waals surface area contributed by atoms with Gasteiger partial charge in [0.1, 0.15) is 5.82 Å². The van der Waals surface area contributed by atoms with Crippen LogP contribution in [0.25, 0.3) is 10.9 Å². The Morgan fingerprint density at radius 2 is 1.79 bits per heavy atom. The summed E-state index contributed by atoms with van der Waals surface area (Å²) in [5.74, 6) is 0.584. The lowest BCUT2D eigenvalue weighted by atomic mass is 10.0. The zero-order chi connectivity index (χ0) is 10.3. The fraction of sp³-hybridized carbons (Fsp3) is 0.182. The van der Waals surface area contributed by atoms with E-state index in [1.807, 2.05) is 32.0 Å². The molecule has 0 saturated heterocycles. The van der Waals surface area contributed by atoms with Crippen molar-refractivity contribution in [1.29, 1.82) is 0 Å². The van der Waals surface area contributed by atoms with Gasteiger partial charge in [-0.25, -0.2) is 4.98 Å². The van der Waals surface area contributed by atoms with Crippen LogP contribution >= 0.6 is 0 Å². The van der Waals surface area contributed by atoms with Crippen LogP contribution in [0.1, 0.15) is 11.1 Å². The number of nitrogens with zero attached hydrogens (tertiary/aromatic N) is 1. The smallest absolute Gasteiger partial charge is 0.127 e. The maximum Gasteiger partial charge on any atom is 0.127 e. The molecular formula is C11H13N3. The molecule has 1 aromatic heterocycles. The minimum Gasteiger partial charge on any atom is -0.399 e. The van der Waals surface area contributed by atoms with E-state index < -0.39 is 0 Å². The predicted molar refractivity (Wildman–Crippen MR) is 60.0 cm³/mol. The molecule has 72 valence electrons. The quantitative estimate of drug-likeness (QED) is 0.620. The van der Waals surface area contributed by atoms with Crippen molar-refractivity contribution in [2.45, 2.75) is 13.8 Å². The lowest BCUT2D eigenvalue weighted by Gasteiger charge is -2.08. The minimum atomic E-state index is 0.584. The van der Waals surface area contributed by atoms with Crippen molar-refractivity contribution in [3.63, 3.8) is 0 Å². The molecule has 0 bridgehead atoms. The van der Waals surface area contributed by atoms with Gasteiger partial charge >= 0.3 is 0 Å². The zero-order valence-electron chi connectivity index (χ0n) is 8.33. The molecular weight excluding hydrogens is 174 g/mol. The lowest BCUT2D eigenvalue weighted by Crippen LogP contribution is -1.98. The fourth-order valence-electron chi connectivity index (χ4n) is 1.57. The maximum absolute atomic E-state index is 5.78. The van der Waals surface area contributed by atoms with Crippen LogP contribution in [0, 0.1) is 13.8 Å². The van der Waals surface area contributed by atoms with Crippen molar-refractivity contribution in [3.8, 4) is 0 Å². The van der Waals surface area contributed by atoms with E-state index in [0.717, 1.165) is 16.5 Å². The van der Waals surface area contributed by atoms with Crippen LogP contribution in [0.4, 0.5) is 11.5 Å². The van der Waals surface area contributed by atoms with Crippen molar-refractivity contribution in [3.05, 3.63) is 29.3 Å². The Morgan fingerprint density at radius 1 is 1.07 bits per heavy atom. The molecule has 14 heavy (non-hydrogen) atoms. The molecule has 0 radical (unpaired) electrons. The second kappa shape index (κ2) is 2.87. The van der Waals surface area contributed by atoms with Gasteiger partial charge in [0.15, 0.2) is 0 Å². The number of fused-ring (bicyclic) bond motifs is 1. The third-order valence-electron chi connectivity index (χ3n) is 2.61. The van der Waals surface area contributed by atoms with Crippen molar-refractivity contribution in [2.75, 3.05) is 11.5 Å². The first-order chi connectivity index (χ1) is 6.59. The molecule has 1 aromatic carbocycles. The highest BCUT2D eigenvalue weighted by Crippen LogP contribution is 2.24. The fourth-order valence-corrected chi connectivity index (χ4v) is 1.57. The highest BCUT2D eigenvalue weighted by Gasteiger charge is 2.05. The van der Waals surface area contributed by atoms with Gasteiger partial charge < -0.3 is 11.5 Å². The average Bonchev–Trinajstić information content (AvgIpc) is 2.14. The molecule has 1 heterocycles. The molecule has 3 heteroatoms. The number of hydrogen-bond donors (Lipinski definition) is 2. The summed E-state index contributed by atoms with van der Waals surface area (Å²) in [6, 6.07) is 5.71. The number of aromatic nitrogens is 1. The average molecular weight is 187 g/mol. The molecule has 0 unspecified atom stereocenters. The Balaban J connectivity index is 2.91. The largest absolute Gasteiger partial charge is 0.399 e. The molecule has 2 rings (SSSR count). The molecule has 0 aliphatic heterocycles. The number of hydrogen-bond acceptors (Lipinski definition) is 3. The maximum atomic E-state index is 5.78. The highest BCUT2D eigenvalue weighted by atomic mass is 14.8. The summed E-state index contributed by atoms with van der Waals surface area (Å²) in [5.41, 5.74) is 15.3. The third kappa shape index (κ3) is 1.18. The summed E-state index contributed by atoms with van der Waals surface area (Å²) in [7, 11) is 0. The molecule has 0 spiro atoms. The van der Waals surface area contributed by atoms with Gasteiger partial charge in [0.25, 0.3) is 0 Å². The first-order valence-electron chi connectivity index (χ1n) is 4.51. The van der Waals surface area contributed by atoms with Gasteiger partial charge in [-0.3, -0.25) is 0 Å². The molecule has 0 saturated carbocycles. The molecule has 0 aliphatic carbocycles. The lowest BCUT2D eigenvalue weighted by molar-refractivity contribution is 1.29. The van der Waals surface area contributed by atoms with Gasteiger partial charge in [-0.1, -0.05) is 6.07 Å². The van der Waals surface area contributed by atoms with Gasteiger partial charge in [0.05, 0.1) is 5.52 Å². The summed E-state index contributed by atoms with van der Waals surface area (Å²) in [6.45, 7) is 4.03. The molecule has 0 fully saturated rings. The Labute approximate surface area is 82.7 Å². The van der Waals surface area contributed by atoms with Gasteiger partial charge in [0.2, 0.25) is 0 Å². The van der Waals surface area contributed by atoms with E-state index in [0.29, 0.717) is 11.5 Å². The molecule has 4 N–H and O–H groups in total. The van der Waals surface area contributed by atoms with Crippen molar-refractivity contribution in [2.24, 2.45) is 0 Å². The first kappa shape index (κ1) is 8.81. The number of rotatable bonds is 0. The van der Waals surface area contributed by atoms with E-state index in [1.54, 1.807) is 0 Å². The number of nitrogens with two attached hydrogens (primary N) is 2. The van der Waals surface area contributed by atoms with E-state index in [-0.39, 0.29) is 0 Å². The number of anilines is 2. The van der Waals surface area contributed by atoms with E-state index in [4.69, 9.17) is 11.5 Å².